The number of rotatable bonds is 10. The van der Waals surface area contributed by atoms with E-state index in [1.165, 1.54) is 21.0 Å². The summed E-state index contributed by atoms with van der Waals surface area (Å²) in [6.07, 6.45) is -3.96. The van der Waals surface area contributed by atoms with Crippen LogP contribution < -0.4 is 0 Å². The van der Waals surface area contributed by atoms with Crippen molar-refractivity contribution < 1.29 is 58.7 Å². The Morgan fingerprint density at radius 3 is 2.18 bits per heavy atom. The van der Waals surface area contributed by atoms with E-state index in [2.05, 4.69) is 11.1 Å². The van der Waals surface area contributed by atoms with Gasteiger partial charge in [-0.2, -0.15) is 4.91 Å². The van der Waals surface area contributed by atoms with Crippen molar-refractivity contribution in [2.24, 2.45) is 28.8 Å². The second kappa shape index (κ2) is 19.3. The van der Waals surface area contributed by atoms with Crippen LogP contribution in [0.25, 0.3) is 0 Å². The number of nitrogens with zero attached hydrogens (tertiary/aromatic N) is 2. The number of aliphatic hydroxyl groups is 5. The molecule has 55 heavy (non-hydrogen) atoms. The summed E-state index contributed by atoms with van der Waals surface area (Å²) in [7, 11) is 3.34. The lowest BCUT2D eigenvalue weighted by Crippen LogP contribution is -2.61. The molecule has 0 aliphatic carbocycles. The van der Waals surface area contributed by atoms with Crippen LogP contribution in [-0.4, -0.2) is 147 Å². The van der Waals surface area contributed by atoms with Crippen molar-refractivity contribution in [1.29, 1.82) is 0 Å². The molecule has 3 aliphatic rings. The number of methoxy groups -OCH3 is 1. The van der Waals surface area contributed by atoms with Gasteiger partial charge in [-0.3, -0.25) is 9.69 Å². The largest absolute Gasteiger partial charge is 0.459 e. The number of carbonyl (C=O) groups excluding carboxylic acids is 1. The number of aliphatic hydroxyl groups excluding tert-OH is 3. The van der Waals surface area contributed by atoms with Crippen molar-refractivity contribution in [3.63, 3.8) is 0 Å². The molecule has 0 aromatic heterocycles. The van der Waals surface area contributed by atoms with Crippen LogP contribution in [0.1, 0.15) is 101 Å². The minimum atomic E-state index is -1.99. The Morgan fingerprint density at radius 2 is 1.62 bits per heavy atom. The molecular weight excluding hydrogens is 716 g/mol. The zero-order chi connectivity index (χ0) is 41.8. The summed E-state index contributed by atoms with van der Waals surface area (Å²) in [6.45, 7) is 17.0. The zero-order valence-electron chi connectivity index (χ0n) is 35.0. The van der Waals surface area contributed by atoms with Gasteiger partial charge in [0.2, 0.25) is 0 Å². The van der Waals surface area contributed by atoms with Crippen molar-refractivity contribution in [3.8, 4) is 12.3 Å². The highest BCUT2D eigenvalue weighted by Crippen LogP contribution is 2.41. The van der Waals surface area contributed by atoms with Crippen LogP contribution in [0.15, 0.2) is 5.18 Å². The fourth-order valence-corrected chi connectivity index (χ4v) is 9.12. The molecule has 15 nitrogen and oxygen atoms in total. The van der Waals surface area contributed by atoms with Crippen LogP contribution in [0.3, 0.4) is 0 Å². The zero-order valence-corrected chi connectivity index (χ0v) is 35.0. The number of hydrogen-bond donors (Lipinski definition) is 5. The molecule has 0 aromatic carbocycles. The van der Waals surface area contributed by atoms with Crippen LogP contribution in [-0.2, 0) is 33.2 Å². The van der Waals surface area contributed by atoms with Crippen molar-refractivity contribution in [1.82, 2.24) is 4.90 Å². The van der Waals surface area contributed by atoms with Gasteiger partial charge in [0, 0.05) is 44.4 Å². The molecule has 0 aromatic rings. The second-order valence-electron chi connectivity index (χ2n) is 17.3. The van der Waals surface area contributed by atoms with Crippen LogP contribution in [0.2, 0.25) is 0 Å². The van der Waals surface area contributed by atoms with E-state index in [-0.39, 0.29) is 25.4 Å². The number of terminal acetylenes is 1. The van der Waals surface area contributed by atoms with Gasteiger partial charge in [0.25, 0.3) is 0 Å². The Morgan fingerprint density at radius 1 is 0.982 bits per heavy atom. The normalized spacial score (nSPS) is 48.1. The maximum Gasteiger partial charge on any atom is 0.311 e. The predicted molar refractivity (Wildman–Crippen MR) is 203 cm³/mol. The SMILES string of the molecule is C#CCCN(C)[C@H]1C[C@@H](C)OC(O[C@@H]2[C@@H](C)[C@H](OC3C[C@@](C)(OC)[C@@H](O)[C@H](C)O3)[C@@H](C)C(=O)O[C@H](CC)[C@@](C)(O)[C@H](O)[C@@H](C)C(N=O)[C@H](C)C[C@@]2(C)O)[C@@H]1O. The van der Waals surface area contributed by atoms with Crippen molar-refractivity contribution in [3.05, 3.63) is 4.91 Å². The van der Waals surface area contributed by atoms with E-state index >= 15 is 0 Å². The molecule has 0 amide bonds. The van der Waals surface area contributed by atoms with E-state index in [9.17, 15) is 35.2 Å². The number of likely N-dealkylation sites (N-methyl/N-ethyl adjacent to an activating group) is 1. The molecule has 3 heterocycles. The fourth-order valence-electron chi connectivity index (χ4n) is 9.12. The first-order chi connectivity index (χ1) is 25.5. The standard InChI is InChI=1S/C40H70N2O13/c1-14-16-17-42(12)27-18-22(4)51-37(31(27)43)55-35-24(6)32(54-29-20-39(10,50-13)34(45)26(8)52-29)25(7)36(46)53-28(15-2)40(11,48)33(44)23(5)30(41-49)21(3)19-38(35,9)47/h1,21-35,37,43-45,47-48H,15-20H2,2-13H3/t21-,22-,23+,24+,25-,26+,27+,28-,29?,30?,31-,32+,33-,34+,35-,37?,38-,39-,40-/m1/s1. The molecule has 3 unspecified atom stereocenters. The average molecular weight is 787 g/mol. The fraction of sp³-hybridized carbons (Fsp3) is 0.925. The van der Waals surface area contributed by atoms with Gasteiger partial charge in [-0.15, -0.1) is 12.3 Å². The predicted octanol–water partition coefficient (Wildman–Crippen LogP) is 2.75. The Hall–Kier alpha value is -1.81. The molecule has 3 fully saturated rings. The number of carbonyl (C=O) groups is 1. The first-order valence-corrected chi connectivity index (χ1v) is 19.8. The van der Waals surface area contributed by atoms with E-state index in [0.29, 0.717) is 19.4 Å². The van der Waals surface area contributed by atoms with Gasteiger partial charge >= 0.3 is 5.97 Å². The molecular formula is C40H70N2O13. The summed E-state index contributed by atoms with van der Waals surface area (Å²) in [6, 6.07) is -1.49. The van der Waals surface area contributed by atoms with Gasteiger partial charge in [0.15, 0.2) is 12.6 Å². The summed E-state index contributed by atoms with van der Waals surface area (Å²) in [5, 5.41) is 61.8. The first-order valence-electron chi connectivity index (χ1n) is 19.8. The summed E-state index contributed by atoms with van der Waals surface area (Å²) >= 11 is 0. The third-order valence-corrected chi connectivity index (χ3v) is 12.7. The lowest BCUT2D eigenvalue weighted by atomic mass is 9.72. The Kier molecular flexibility index (Phi) is 16.7. The molecule has 0 bridgehead atoms. The number of ether oxygens (including phenoxy) is 6. The van der Waals surface area contributed by atoms with Gasteiger partial charge in [0.1, 0.15) is 23.9 Å². The maximum absolute atomic E-state index is 14.2. The lowest BCUT2D eigenvalue weighted by molar-refractivity contribution is -0.318. The number of esters is 1. The summed E-state index contributed by atoms with van der Waals surface area (Å²) < 4.78 is 37.4. The van der Waals surface area contributed by atoms with E-state index in [4.69, 9.17) is 34.8 Å². The van der Waals surface area contributed by atoms with E-state index < -0.39 is 114 Å². The quantitative estimate of drug-likeness (QED) is 0.123. The van der Waals surface area contributed by atoms with Crippen molar-refractivity contribution >= 4 is 5.97 Å². The molecule has 318 valence electrons. The molecule has 0 saturated carbocycles. The van der Waals surface area contributed by atoms with Crippen LogP contribution in [0.4, 0.5) is 0 Å². The van der Waals surface area contributed by atoms with Gasteiger partial charge in [0.05, 0.1) is 53.7 Å². The summed E-state index contributed by atoms with van der Waals surface area (Å²) in [5.74, 6) is -1.68. The van der Waals surface area contributed by atoms with Gasteiger partial charge in [-0.05, 0) is 73.8 Å². The summed E-state index contributed by atoms with van der Waals surface area (Å²) in [5.41, 5.74) is -4.86. The van der Waals surface area contributed by atoms with Crippen molar-refractivity contribution in [2.75, 3.05) is 20.7 Å². The molecule has 5 N–H and O–H groups in total. The number of hydrogen-bond acceptors (Lipinski definition) is 15. The highest BCUT2D eigenvalue weighted by molar-refractivity contribution is 5.73. The molecule has 15 heteroatoms. The van der Waals surface area contributed by atoms with Crippen LogP contribution in [0, 0.1) is 40.9 Å². The first kappa shape index (κ1) is 47.6. The molecule has 0 radical (unpaired) electrons. The molecule has 3 aliphatic heterocycles. The van der Waals surface area contributed by atoms with Crippen LogP contribution >= 0.6 is 0 Å². The highest BCUT2D eigenvalue weighted by Gasteiger charge is 2.54. The third kappa shape index (κ3) is 10.6. The number of nitroso groups, excluding NO2 is 1. The smallest absolute Gasteiger partial charge is 0.311 e. The van der Waals surface area contributed by atoms with E-state index in [1.54, 1.807) is 48.5 Å². The topological polar surface area (TPSA) is 206 Å². The Balaban J connectivity index is 2.20. The van der Waals surface area contributed by atoms with Gasteiger partial charge < -0.3 is 54.0 Å². The lowest BCUT2D eigenvalue weighted by Gasteiger charge is -2.49. The van der Waals surface area contributed by atoms with Crippen molar-refractivity contribution in [2.45, 2.75) is 192 Å². The molecule has 19 atom stereocenters. The molecule has 3 rings (SSSR count). The third-order valence-electron chi connectivity index (χ3n) is 12.7. The number of cyclic esters (lactones) is 1. The van der Waals surface area contributed by atoms with Crippen LogP contribution in [0.5, 0.6) is 0 Å². The monoisotopic (exact) mass is 786 g/mol. The highest BCUT2D eigenvalue weighted by atomic mass is 16.7. The van der Waals surface area contributed by atoms with Gasteiger partial charge in [-0.25, -0.2) is 0 Å². The minimum Gasteiger partial charge on any atom is -0.459 e. The summed E-state index contributed by atoms with van der Waals surface area (Å²) in [4.78, 5) is 28.6. The second-order valence-corrected chi connectivity index (χ2v) is 17.3. The van der Waals surface area contributed by atoms with E-state index in [0.717, 1.165) is 0 Å². The molecule has 3 saturated heterocycles. The van der Waals surface area contributed by atoms with Gasteiger partial charge in [-0.1, -0.05) is 32.9 Å². The van der Waals surface area contributed by atoms with E-state index in [1.807, 2.05) is 18.9 Å². The Bertz CT molecular complexity index is 1300. The molecule has 0 spiro atoms. The minimum absolute atomic E-state index is 0.0790. The maximum atomic E-state index is 14.2. The Labute approximate surface area is 327 Å². The average Bonchev–Trinajstić information content (AvgIpc) is 3.12.